The molecule has 5 heteroatoms. The van der Waals surface area contributed by atoms with Crippen LogP contribution in [0, 0.1) is 0 Å². The van der Waals surface area contributed by atoms with Crippen molar-refractivity contribution in [2.45, 2.75) is 30.2 Å². The number of nitrogens with one attached hydrogen (secondary N) is 1. The van der Waals surface area contributed by atoms with Gasteiger partial charge in [-0.2, -0.15) is 0 Å². The van der Waals surface area contributed by atoms with Gasteiger partial charge in [-0.1, -0.05) is 30.3 Å². The molecule has 0 bridgehead atoms. The Hall–Kier alpha value is -1.85. The number of likely N-dealkylation sites (N-methyl/N-ethyl adjacent to an activating group) is 1. The van der Waals surface area contributed by atoms with Gasteiger partial charge in [0.05, 0.1) is 10.6 Å². The van der Waals surface area contributed by atoms with Gasteiger partial charge in [-0.15, -0.1) is 0 Å². The first kappa shape index (κ1) is 16.0. The van der Waals surface area contributed by atoms with Crippen molar-refractivity contribution in [3.05, 3.63) is 59.7 Å². The van der Waals surface area contributed by atoms with E-state index in [1.165, 1.54) is 5.56 Å². The third kappa shape index (κ3) is 3.41. The number of hydrogen-bond acceptors (Lipinski definition) is 3. The maximum atomic E-state index is 12.5. The Morgan fingerprint density at radius 1 is 1.04 bits per heavy atom. The van der Waals surface area contributed by atoms with Gasteiger partial charge in [-0.3, -0.25) is 4.72 Å². The summed E-state index contributed by atoms with van der Waals surface area (Å²) in [6.45, 7) is 0. The lowest BCUT2D eigenvalue weighted by Gasteiger charge is -2.31. The average molecular weight is 330 g/mol. The maximum absolute atomic E-state index is 12.5. The molecule has 3 rings (SSSR count). The Morgan fingerprint density at radius 3 is 2.48 bits per heavy atom. The van der Waals surface area contributed by atoms with E-state index in [2.05, 4.69) is 29.8 Å². The molecule has 4 nitrogen and oxygen atoms in total. The van der Waals surface area contributed by atoms with Crippen LogP contribution in [0.15, 0.2) is 53.4 Å². The fraction of sp³-hybridized carbons (Fsp3) is 0.333. The largest absolute Gasteiger partial charge is 0.306 e. The van der Waals surface area contributed by atoms with Crippen LogP contribution >= 0.6 is 0 Å². The SMILES string of the molecule is CN(C)[C@H]1CCc2c(cccc2NS(=O)(=O)c2ccccc2)C1. The van der Waals surface area contributed by atoms with Crippen molar-refractivity contribution >= 4 is 15.7 Å². The third-order valence-electron chi connectivity index (χ3n) is 4.48. The molecule has 0 saturated heterocycles. The van der Waals surface area contributed by atoms with E-state index in [1.807, 2.05) is 18.2 Å². The zero-order chi connectivity index (χ0) is 16.4. The highest BCUT2D eigenvalue weighted by Gasteiger charge is 2.23. The van der Waals surface area contributed by atoms with Crippen LogP contribution in [0.5, 0.6) is 0 Å². The summed E-state index contributed by atoms with van der Waals surface area (Å²) in [5, 5.41) is 0. The standard InChI is InChI=1S/C18H22N2O2S/c1-20(2)15-11-12-17-14(13-15)7-6-10-18(17)19-23(21,22)16-8-4-3-5-9-16/h3-10,15,19H,11-13H2,1-2H3/t15-/m0/s1. The zero-order valence-electron chi connectivity index (χ0n) is 13.5. The molecule has 0 fully saturated rings. The molecular weight excluding hydrogens is 308 g/mol. The first-order chi connectivity index (χ1) is 11.0. The van der Waals surface area contributed by atoms with Gasteiger partial charge in [-0.25, -0.2) is 8.42 Å². The van der Waals surface area contributed by atoms with Crippen molar-refractivity contribution in [2.75, 3.05) is 18.8 Å². The Morgan fingerprint density at radius 2 is 1.78 bits per heavy atom. The predicted octanol–water partition coefficient (Wildman–Crippen LogP) is 2.91. The van der Waals surface area contributed by atoms with Crippen molar-refractivity contribution in [3.63, 3.8) is 0 Å². The number of rotatable bonds is 4. The summed E-state index contributed by atoms with van der Waals surface area (Å²) in [5.74, 6) is 0. The smallest absolute Gasteiger partial charge is 0.261 e. The molecule has 0 amide bonds. The van der Waals surface area contributed by atoms with Gasteiger partial charge in [0.1, 0.15) is 0 Å². The fourth-order valence-electron chi connectivity index (χ4n) is 3.13. The lowest BCUT2D eigenvalue weighted by molar-refractivity contribution is 0.268. The van der Waals surface area contributed by atoms with E-state index >= 15 is 0 Å². The Bertz CT molecular complexity index is 786. The Balaban J connectivity index is 1.90. The van der Waals surface area contributed by atoms with Crippen LogP contribution in [0.1, 0.15) is 17.5 Å². The normalized spacial score (nSPS) is 17.8. The zero-order valence-corrected chi connectivity index (χ0v) is 14.3. The number of sulfonamides is 1. The van der Waals surface area contributed by atoms with Crippen LogP contribution in [0.4, 0.5) is 5.69 Å². The van der Waals surface area contributed by atoms with Crippen molar-refractivity contribution in [2.24, 2.45) is 0 Å². The summed E-state index contributed by atoms with van der Waals surface area (Å²) in [6.07, 6.45) is 2.90. The summed E-state index contributed by atoms with van der Waals surface area (Å²) in [6, 6.07) is 14.9. The van der Waals surface area contributed by atoms with E-state index in [9.17, 15) is 8.42 Å². The maximum Gasteiger partial charge on any atom is 0.261 e. The van der Waals surface area contributed by atoms with E-state index in [1.54, 1.807) is 24.3 Å². The Labute approximate surface area is 138 Å². The summed E-state index contributed by atoms with van der Waals surface area (Å²) < 4.78 is 27.8. The third-order valence-corrected chi connectivity index (χ3v) is 5.87. The summed E-state index contributed by atoms with van der Waals surface area (Å²) >= 11 is 0. The first-order valence-corrected chi connectivity index (χ1v) is 9.31. The molecule has 23 heavy (non-hydrogen) atoms. The lowest BCUT2D eigenvalue weighted by Crippen LogP contribution is -2.33. The van der Waals surface area contributed by atoms with Gasteiger partial charge < -0.3 is 4.90 Å². The van der Waals surface area contributed by atoms with E-state index in [0.29, 0.717) is 16.6 Å². The minimum atomic E-state index is -3.54. The Kier molecular flexibility index (Phi) is 4.41. The van der Waals surface area contributed by atoms with E-state index < -0.39 is 10.0 Å². The van der Waals surface area contributed by atoms with Gasteiger partial charge in [0.15, 0.2) is 0 Å². The van der Waals surface area contributed by atoms with Crippen molar-refractivity contribution < 1.29 is 8.42 Å². The number of fused-ring (bicyclic) bond motifs is 1. The van der Waals surface area contributed by atoms with Crippen molar-refractivity contribution in [3.8, 4) is 0 Å². The molecule has 0 unspecified atom stereocenters. The highest BCUT2D eigenvalue weighted by atomic mass is 32.2. The highest BCUT2D eigenvalue weighted by Crippen LogP contribution is 2.30. The molecule has 0 spiro atoms. The minimum Gasteiger partial charge on any atom is -0.306 e. The average Bonchev–Trinajstić information content (AvgIpc) is 2.55. The number of hydrogen-bond donors (Lipinski definition) is 1. The molecule has 0 radical (unpaired) electrons. The van der Waals surface area contributed by atoms with E-state index in [4.69, 9.17) is 0 Å². The summed E-state index contributed by atoms with van der Waals surface area (Å²) in [7, 11) is 0.653. The summed E-state index contributed by atoms with van der Waals surface area (Å²) in [5.41, 5.74) is 3.08. The molecule has 2 aromatic rings. The van der Waals surface area contributed by atoms with Crippen molar-refractivity contribution in [1.82, 2.24) is 4.90 Å². The molecule has 0 aromatic heterocycles. The van der Waals surface area contributed by atoms with Gasteiger partial charge in [-0.05, 0) is 62.7 Å². The second-order valence-electron chi connectivity index (χ2n) is 6.22. The molecule has 0 saturated carbocycles. The second-order valence-corrected chi connectivity index (χ2v) is 7.90. The monoisotopic (exact) mass is 330 g/mol. The second kappa shape index (κ2) is 6.34. The number of benzene rings is 2. The quantitative estimate of drug-likeness (QED) is 0.938. The summed E-state index contributed by atoms with van der Waals surface area (Å²) in [4.78, 5) is 2.53. The topological polar surface area (TPSA) is 49.4 Å². The lowest BCUT2D eigenvalue weighted by atomic mass is 9.87. The van der Waals surface area contributed by atoms with Gasteiger partial charge >= 0.3 is 0 Å². The van der Waals surface area contributed by atoms with Crippen LogP contribution < -0.4 is 4.72 Å². The van der Waals surface area contributed by atoms with Crippen molar-refractivity contribution in [1.29, 1.82) is 0 Å². The predicted molar refractivity (Wildman–Crippen MR) is 93.2 cm³/mol. The van der Waals surface area contributed by atoms with Gasteiger partial charge in [0.25, 0.3) is 10.0 Å². The number of anilines is 1. The fourth-order valence-corrected chi connectivity index (χ4v) is 4.24. The highest BCUT2D eigenvalue weighted by molar-refractivity contribution is 7.92. The molecule has 2 aromatic carbocycles. The number of nitrogens with zero attached hydrogens (tertiary/aromatic N) is 1. The molecule has 0 heterocycles. The van der Waals surface area contributed by atoms with E-state index in [0.717, 1.165) is 24.8 Å². The first-order valence-electron chi connectivity index (χ1n) is 7.82. The van der Waals surface area contributed by atoms with Crippen LogP contribution in [-0.4, -0.2) is 33.5 Å². The molecule has 1 N–H and O–H groups in total. The molecule has 1 aliphatic carbocycles. The van der Waals surface area contributed by atoms with Crippen LogP contribution in [0.3, 0.4) is 0 Å². The molecule has 1 aliphatic rings. The molecule has 122 valence electrons. The van der Waals surface area contributed by atoms with E-state index in [-0.39, 0.29) is 0 Å². The van der Waals surface area contributed by atoms with Crippen LogP contribution in [0.2, 0.25) is 0 Å². The minimum absolute atomic E-state index is 0.291. The molecule has 1 atom stereocenters. The van der Waals surface area contributed by atoms with Crippen LogP contribution in [0.25, 0.3) is 0 Å². The molecule has 0 aliphatic heterocycles. The van der Waals surface area contributed by atoms with Gasteiger partial charge in [0.2, 0.25) is 0 Å². The molecular formula is C18H22N2O2S. The van der Waals surface area contributed by atoms with Crippen LogP contribution in [-0.2, 0) is 22.9 Å². The van der Waals surface area contributed by atoms with Gasteiger partial charge in [0, 0.05) is 6.04 Å².